The molecule has 2 unspecified atom stereocenters. The number of carboxylic acid groups (broad SMARTS) is 1. The topological polar surface area (TPSA) is 78.9 Å². The first-order valence-electron chi connectivity index (χ1n) is 6.74. The molecule has 1 rings (SSSR count). The quantitative estimate of drug-likeness (QED) is 0.799. The van der Waals surface area contributed by atoms with Crippen LogP contribution in [0.3, 0.4) is 0 Å². The number of hydrogen-bond donors (Lipinski definition) is 2. The van der Waals surface area contributed by atoms with Gasteiger partial charge in [0.05, 0.1) is 18.6 Å². The van der Waals surface area contributed by atoms with Gasteiger partial charge in [-0.1, -0.05) is 30.3 Å². The summed E-state index contributed by atoms with van der Waals surface area (Å²) in [5, 5.41) is 11.9. The zero-order chi connectivity index (χ0) is 15.8. The molecule has 0 radical (unpaired) electrons. The van der Waals surface area contributed by atoms with Crippen LogP contribution in [0.1, 0.15) is 18.4 Å². The molecule has 0 heterocycles. The highest BCUT2D eigenvalue weighted by molar-refractivity contribution is 5.79. The fraction of sp³-hybridized carbons (Fsp3) is 0.467. The van der Waals surface area contributed by atoms with E-state index in [0.29, 0.717) is 12.2 Å². The van der Waals surface area contributed by atoms with Crippen LogP contribution in [0.4, 0.5) is 4.79 Å². The fourth-order valence-corrected chi connectivity index (χ4v) is 1.90. The SMILES string of the molecule is COCC(C)N(C)C(=O)NCC(C(=O)O)c1ccccc1. The standard InChI is InChI=1S/C15H22N2O4/c1-11(10-21-3)17(2)15(20)16-9-13(14(18)19)12-7-5-4-6-8-12/h4-8,11,13H,9-10H2,1-3H3,(H,16,20)(H,18,19). The summed E-state index contributed by atoms with van der Waals surface area (Å²) < 4.78 is 4.99. The molecule has 1 aromatic rings. The van der Waals surface area contributed by atoms with Crippen LogP contribution in [-0.4, -0.2) is 55.4 Å². The monoisotopic (exact) mass is 294 g/mol. The summed E-state index contributed by atoms with van der Waals surface area (Å²) in [4.78, 5) is 24.8. The van der Waals surface area contributed by atoms with E-state index in [1.54, 1.807) is 38.4 Å². The number of carbonyl (C=O) groups excluding carboxylic acids is 1. The Kier molecular flexibility index (Phi) is 6.68. The number of rotatable bonds is 7. The largest absolute Gasteiger partial charge is 0.481 e. The van der Waals surface area contributed by atoms with Crippen LogP contribution in [0.15, 0.2) is 30.3 Å². The zero-order valence-corrected chi connectivity index (χ0v) is 12.6. The summed E-state index contributed by atoms with van der Waals surface area (Å²) in [5.41, 5.74) is 0.665. The minimum absolute atomic E-state index is 0.0439. The molecule has 0 saturated heterocycles. The van der Waals surface area contributed by atoms with Gasteiger partial charge in [-0.3, -0.25) is 4.79 Å². The summed E-state index contributed by atoms with van der Waals surface area (Å²) in [6, 6.07) is 8.45. The van der Waals surface area contributed by atoms with Gasteiger partial charge in [-0.25, -0.2) is 4.79 Å². The number of amides is 2. The molecule has 1 aromatic carbocycles. The molecule has 0 spiro atoms. The lowest BCUT2D eigenvalue weighted by atomic mass is 9.99. The van der Waals surface area contributed by atoms with Gasteiger partial charge in [-0.05, 0) is 12.5 Å². The lowest BCUT2D eigenvalue weighted by Crippen LogP contribution is -2.45. The average Bonchev–Trinajstić information content (AvgIpc) is 2.47. The fourth-order valence-electron chi connectivity index (χ4n) is 1.90. The molecule has 21 heavy (non-hydrogen) atoms. The number of nitrogens with zero attached hydrogens (tertiary/aromatic N) is 1. The van der Waals surface area contributed by atoms with Gasteiger partial charge in [-0.15, -0.1) is 0 Å². The van der Waals surface area contributed by atoms with Crippen molar-refractivity contribution in [3.8, 4) is 0 Å². The van der Waals surface area contributed by atoms with Gasteiger partial charge in [0.1, 0.15) is 0 Å². The summed E-state index contributed by atoms with van der Waals surface area (Å²) >= 11 is 0. The molecule has 0 aromatic heterocycles. The molecule has 6 nitrogen and oxygen atoms in total. The molecular formula is C15H22N2O4. The maximum atomic E-state index is 12.0. The Morgan fingerprint density at radius 2 is 1.95 bits per heavy atom. The zero-order valence-electron chi connectivity index (χ0n) is 12.6. The Hall–Kier alpha value is -2.08. The van der Waals surface area contributed by atoms with Crippen LogP contribution in [-0.2, 0) is 9.53 Å². The Labute approximate surface area is 124 Å². The summed E-state index contributed by atoms with van der Waals surface area (Å²) in [7, 11) is 3.22. The predicted octanol–water partition coefficient (Wildman–Crippen LogP) is 1.53. The predicted molar refractivity (Wildman–Crippen MR) is 79.3 cm³/mol. The number of urea groups is 1. The van der Waals surface area contributed by atoms with Gasteiger partial charge in [-0.2, -0.15) is 0 Å². The molecule has 0 aliphatic carbocycles. The average molecular weight is 294 g/mol. The summed E-state index contributed by atoms with van der Waals surface area (Å²) in [6.45, 7) is 2.32. The molecule has 6 heteroatoms. The highest BCUT2D eigenvalue weighted by atomic mass is 16.5. The molecule has 0 fully saturated rings. The lowest BCUT2D eigenvalue weighted by Gasteiger charge is -2.25. The molecule has 2 atom stereocenters. The second-order valence-electron chi connectivity index (χ2n) is 4.90. The summed E-state index contributed by atoms with van der Waals surface area (Å²) in [6.07, 6.45) is 0. The van der Waals surface area contributed by atoms with Gasteiger partial charge < -0.3 is 20.1 Å². The molecule has 0 saturated carbocycles. The third kappa shape index (κ3) is 5.07. The van der Waals surface area contributed by atoms with E-state index in [4.69, 9.17) is 4.74 Å². The molecule has 2 N–H and O–H groups in total. The van der Waals surface area contributed by atoms with Crippen molar-refractivity contribution < 1.29 is 19.4 Å². The van der Waals surface area contributed by atoms with E-state index >= 15 is 0 Å². The molecule has 2 amide bonds. The number of methoxy groups -OCH3 is 1. The van der Waals surface area contributed by atoms with Gasteiger partial charge in [0, 0.05) is 20.7 Å². The highest BCUT2D eigenvalue weighted by Crippen LogP contribution is 2.14. The first kappa shape index (κ1) is 17.0. The molecule has 0 aliphatic heterocycles. The molecule has 116 valence electrons. The lowest BCUT2D eigenvalue weighted by molar-refractivity contribution is -0.138. The van der Waals surface area contributed by atoms with Crippen LogP contribution in [0.5, 0.6) is 0 Å². The van der Waals surface area contributed by atoms with E-state index in [1.807, 2.05) is 13.0 Å². The normalized spacial score (nSPS) is 13.3. The van der Waals surface area contributed by atoms with E-state index in [0.717, 1.165) is 0 Å². The Morgan fingerprint density at radius 1 is 1.33 bits per heavy atom. The van der Waals surface area contributed by atoms with Crippen LogP contribution in [0, 0.1) is 0 Å². The second kappa shape index (κ2) is 8.26. The van der Waals surface area contributed by atoms with Crippen molar-refractivity contribution in [1.82, 2.24) is 10.2 Å². The Morgan fingerprint density at radius 3 is 2.48 bits per heavy atom. The number of aliphatic carboxylic acids is 1. The van der Waals surface area contributed by atoms with E-state index in [-0.39, 0.29) is 18.6 Å². The van der Waals surface area contributed by atoms with Crippen molar-refractivity contribution in [3.63, 3.8) is 0 Å². The van der Waals surface area contributed by atoms with Crippen molar-refractivity contribution in [2.24, 2.45) is 0 Å². The first-order valence-corrected chi connectivity index (χ1v) is 6.74. The molecule has 0 aliphatic rings. The minimum Gasteiger partial charge on any atom is -0.481 e. The maximum Gasteiger partial charge on any atom is 0.317 e. The van der Waals surface area contributed by atoms with Crippen molar-refractivity contribution in [1.29, 1.82) is 0 Å². The number of likely N-dealkylation sites (N-methyl/N-ethyl adjacent to an activating group) is 1. The van der Waals surface area contributed by atoms with Gasteiger partial charge in [0.15, 0.2) is 0 Å². The van der Waals surface area contributed by atoms with Gasteiger partial charge >= 0.3 is 12.0 Å². The third-order valence-electron chi connectivity index (χ3n) is 3.35. The van der Waals surface area contributed by atoms with Crippen molar-refractivity contribution >= 4 is 12.0 Å². The van der Waals surface area contributed by atoms with Crippen molar-refractivity contribution in [2.75, 3.05) is 27.3 Å². The van der Waals surface area contributed by atoms with Gasteiger partial charge in [0.25, 0.3) is 0 Å². The summed E-state index contributed by atoms with van der Waals surface area (Å²) in [5.74, 6) is -1.73. The van der Waals surface area contributed by atoms with Crippen LogP contribution >= 0.6 is 0 Å². The number of carbonyl (C=O) groups is 2. The number of nitrogens with one attached hydrogen (secondary N) is 1. The highest BCUT2D eigenvalue weighted by Gasteiger charge is 2.22. The van der Waals surface area contributed by atoms with Crippen LogP contribution in [0.2, 0.25) is 0 Å². The third-order valence-corrected chi connectivity index (χ3v) is 3.35. The van der Waals surface area contributed by atoms with E-state index in [2.05, 4.69) is 5.32 Å². The minimum atomic E-state index is -0.964. The van der Waals surface area contributed by atoms with Crippen molar-refractivity contribution in [3.05, 3.63) is 35.9 Å². The smallest absolute Gasteiger partial charge is 0.317 e. The second-order valence-corrected chi connectivity index (χ2v) is 4.90. The Bertz CT molecular complexity index is 464. The van der Waals surface area contributed by atoms with Crippen LogP contribution < -0.4 is 5.32 Å². The number of carboxylic acids is 1. The van der Waals surface area contributed by atoms with E-state index in [1.165, 1.54) is 4.90 Å². The van der Waals surface area contributed by atoms with E-state index < -0.39 is 11.9 Å². The number of ether oxygens (including phenoxy) is 1. The maximum absolute atomic E-state index is 12.0. The van der Waals surface area contributed by atoms with E-state index in [9.17, 15) is 14.7 Å². The number of hydrogen-bond acceptors (Lipinski definition) is 3. The van der Waals surface area contributed by atoms with Crippen molar-refractivity contribution in [2.45, 2.75) is 18.9 Å². The Balaban J connectivity index is 2.62. The van der Waals surface area contributed by atoms with Gasteiger partial charge in [0.2, 0.25) is 0 Å². The molecular weight excluding hydrogens is 272 g/mol. The molecule has 0 bridgehead atoms. The first-order chi connectivity index (χ1) is 9.97. The number of benzene rings is 1. The van der Waals surface area contributed by atoms with Crippen LogP contribution in [0.25, 0.3) is 0 Å².